The molecule has 6 atom stereocenters. The maximum absolute atomic E-state index is 17.1. The summed E-state index contributed by atoms with van der Waals surface area (Å²) in [6.45, 7) is 2.90. The molecule has 5 saturated heterocycles. The van der Waals surface area contributed by atoms with Gasteiger partial charge in [-0.3, -0.25) is 4.90 Å². The van der Waals surface area contributed by atoms with Gasteiger partial charge in [0.2, 0.25) is 5.88 Å². The van der Waals surface area contributed by atoms with Gasteiger partial charge in [-0.1, -0.05) is 18.1 Å². The molecular weight excluding hydrogens is 597 g/mol. The number of pyridine rings is 1. The number of piperazine rings is 1. The van der Waals surface area contributed by atoms with Crippen LogP contribution in [0.25, 0.3) is 32.9 Å². The highest BCUT2D eigenvalue weighted by Gasteiger charge is 2.78. The number of hydrogen-bond acceptors (Lipinski definition) is 9. The van der Waals surface area contributed by atoms with Gasteiger partial charge in [-0.25, -0.2) is 18.2 Å². The number of alkyl halides is 2. The quantitative estimate of drug-likeness (QED) is 0.323. The van der Waals surface area contributed by atoms with Crippen LogP contribution in [0.3, 0.4) is 0 Å². The summed E-state index contributed by atoms with van der Waals surface area (Å²) in [6, 6.07) is 8.67. The van der Waals surface area contributed by atoms with E-state index in [9.17, 15) is 13.9 Å². The Kier molecular flexibility index (Phi) is 4.97. The molecule has 1 aliphatic carbocycles. The largest absolute Gasteiger partial charge is 0.508 e. The van der Waals surface area contributed by atoms with E-state index >= 15 is 4.39 Å². The summed E-state index contributed by atoms with van der Waals surface area (Å²) in [5.74, 6) is 0.0276. The SMILES string of the molecule is C#Cc1cccc2cc(O)cc(-c3nc4c5c(nc(OC[C@@]67CCN6CC(F)(F)C7)nc5c3F)N3C[C@H]5CC6[C@H](N5)C63[C@H](C)O4)c12. The lowest BCUT2D eigenvalue weighted by atomic mass is 9.85. The Balaban J connectivity index is 1.19. The highest BCUT2D eigenvalue weighted by molar-refractivity contribution is 6.04. The number of terminal acetylenes is 1. The number of hydrogen-bond donors (Lipinski definition) is 2. The summed E-state index contributed by atoms with van der Waals surface area (Å²) in [5, 5.41) is 15.9. The standard InChI is InChI=1S/C34H29F3N6O3/c1-3-17-5-4-6-18-9-20(44)11-21(23(17)18)26-25(35)27-24-29(41-31(40-27)45-15-32-7-8-42(32)14-33(36,37)13-32)43-12-19-10-22-28(38-19)34(22,43)16(2)46-30(24)39-26/h1,4-6,9,11,16,19,22,28,38,44H,7-8,10,12-15H2,2H3/t16-,19+,22?,28-,32-,34?/m0/s1. The molecule has 4 aromatic rings. The summed E-state index contributed by atoms with van der Waals surface area (Å²) in [5.41, 5.74) is -0.531. The third-order valence-corrected chi connectivity index (χ3v) is 11.5. The van der Waals surface area contributed by atoms with Crippen molar-refractivity contribution in [2.45, 2.75) is 61.4 Å². The van der Waals surface area contributed by atoms with Crippen LogP contribution in [0.2, 0.25) is 0 Å². The molecule has 2 aromatic carbocycles. The Hall–Kier alpha value is -4.34. The Morgan fingerprint density at radius 2 is 2.09 bits per heavy atom. The zero-order chi connectivity index (χ0) is 31.3. The van der Waals surface area contributed by atoms with Crippen molar-refractivity contribution in [3.63, 3.8) is 0 Å². The summed E-state index contributed by atoms with van der Waals surface area (Å²) in [4.78, 5) is 18.2. The predicted octanol–water partition coefficient (Wildman–Crippen LogP) is 4.23. The number of ether oxygens (including phenoxy) is 2. The molecule has 2 aromatic heterocycles. The molecule has 0 radical (unpaired) electrons. The number of anilines is 1. The number of halogens is 3. The molecule has 9 nitrogen and oxygen atoms in total. The fourth-order valence-electron chi connectivity index (χ4n) is 9.46. The molecule has 0 amide bonds. The van der Waals surface area contributed by atoms with Crippen LogP contribution in [0.1, 0.15) is 31.7 Å². The summed E-state index contributed by atoms with van der Waals surface area (Å²) in [7, 11) is 0. The van der Waals surface area contributed by atoms with Gasteiger partial charge in [-0.05, 0) is 43.4 Å². The van der Waals surface area contributed by atoms with Crippen LogP contribution in [0.5, 0.6) is 17.6 Å². The monoisotopic (exact) mass is 626 g/mol. The van der Waals surface area contributed by atoms with Gasteiger partial charge < -0.3 is 24.8 Å². The summed E-state index contributed by atoms with van der Waals surface area (Å²) >= 11 is 0. The van der Waals surface area contributed by atoms with Crippen molar-refractivity contribution < 1.29 is 27.8 Å². The van der Waals surface area contributed by atoms with Crippen molar-refractivity contribution in [3.8, 4) is 41.2 Å². The van der Waals surface area contributed by atoms with E-state index in [2.05, 4.69) is 21.1 Å². The molecule has 11 rings (SSSR count). The van der Waals surface area contributed by atoms with Crippen molar-refractivity contribution >= 4 is 27.5 Å². The van der Waals surface area contributed by atoms with Gasteiger partial charge in [0, 0.05) is 54.0 Å². The van der Waals surface area contributed by atoms with E-state index in [1.165, 1.54) is 6.07 Å². The third kappa shape index (κ3) is 3.27. The van der Waals surface area contributed by atoms with Gasteiger partial charge in [0.15, 0.2) is 5.82 Å². The highest BCUT2D eigenvalue weighted by Crippen LogP contribution is 2.64. The van der Waals surface area contributed by atoms with Gasteiger partial charge in [0.05, 0.1) is 17.6 Å². The first-order valence-electron chi connectivity index (χ1n) is 15.7. The van der Waals surface area contributed by atoms with E-state index in [4.69, 9.17) is 25.9 Å². The number of aromatic hydroxyl groups is 1. The molecule has 1 saturated carbocycles. The van der Waals surface area contributed by atoms with E-state index in [0.717, 1.165) is 6.42 Å². The number of nitrogens with zero attached hydrogens (tertiary/aromatic N) is 5. The van der Waals surface area contributed by atoms with Gasteiger partial charge in [0.25, 0.3) is 5.92 Å². The minimum atomic E-state index is -2.79. The van der Waals surface area contributed by atoms with E-state index < -0.39 is 22.8 Å². The molecular formula is C34H29F3N6O3. The number of benzene rings is 2. The first-order valence-corrected chi connectivity index (χ1v) is 15.7. The summed E-state index contributed by atoms with van der Waals surface area (Å²) in [6.07, 6.45) is 6.81. The molecule has 2 N–H and O–H groups in total. The molecule has 46 heavy (non-hydrogen) atoms. The number of phenols is 1. The average molecular weight is 627 g/mol. The second-order valence-electron chi connectivity index (χ2n) is 13.8. The van der Waals surface area contributed by atoms with Crippen LogP contribution in [0, 0.1) is 24.1 Å². The average Bonchev–Trinajstić information content (AvgIpc) is 3.48. The number of rotatable bonds is 4. The molecule has 1 spiro atoms. The second-order valence-corrected chi connectivity index (χ2v) is 13.8. The van der Waals surface area contributed by atoms with Gasteiger partial charge in [-0.15, -0.1) is 6.42 Å². The molecule has 4 bridgehead atoms. The Morgan fingerprint density at radius 1 is 1.22 bits per heavy atom. The van der Waals surface area contributed by atoms with Crippen LogP contribution in [0.15, 0.2) is 30.3 Å². The Morgan fingerprint density at radius 3 is 2.83 bits per heavy atom. The number of fused-ring (bicyclic) bond motifs is 2. The molecule has 234 valence electrons. The second kappa shape index (κ2) is 8.52. The number of phenolic OH excluding ortho intramolecular Hbond substituents is 1. The van der Waals surface area contributed by atoms with E-state index in [1.807, 2.05) is 6.92 Å². The zero-order valence-electron chi connectivity index (χ0n) is 24.9. The van der Waals surface area contributed by atoms with Crippen LogP contribution in [-0.2, 0) is 0 Å². The Bertz CT molecular complexity index is 2070. The van der Waals surface area contributed by atoms with Gasteiger partial charge in [0.1, 0.15) is 40.9 Å². The fraction of sp³-hybridized carbons (Fsp3) is 0.441. The van der Waals surface area contributed by atoms with Gasteiger partial charge >= 0.3 is 6.01 Å². The molecule has 6 fully saturated rings. The highest BCUT2D eigenvalue weighted by atomic mass is 19.3. The lowest BCUT2D eigenvalue weighted by molar-refractivity contribution is -0.0132. The molecule has 7 aliphatic rings. The molecule has 8 heterocycles. The maximum Gasteiger partial charge on any atom is 0.319 e. The van der Waals surface area contributed by atoms with Crippen LogP contribution < -0.4 is 19.7 Å². The lowest BCUT2D eigenvalue weighted by Gasteiger charge is -2.46. The minimum Gasteiger partial charge on any atom is -0.508 e. The van der Waals surface area contributed by atoms with Crippen molar-refractivity contribution in [2.24, 2.45) is 5.92 Å². The number of nitrogens with one attached hydrogen (secondary N) is 1. The number of aromatic nitrogens is 3. The smallest absolute Gasteiger partial charge is 0.319 e. The Labute approximate surface area is 261 Å². The molecule has 6 aliphatic heterocycles. The van der Waals surface area contributed by atoms with Crippen molar-refractivity contribution in [3.05, 3.63) is 41.7 Å². The van der Waals surface area contributed by atoms with E-state index in [-0.39, 0.29) is 66.6 Å². The first-order chi connectivity index (χ1) is 22.1. The fourth-order valence-corrected chi connectivity index (χ4v) is 9.46. The molecule has 2 unspecified atom stereocenters. The van der Waals surface area contributed by atoms with Crippen molar-refractivity contribution in [2.75, 3.05) is 31.1 Å². The normalized spacial score (nSPS) is 32.7. The predicted molar refractivity (Wildman–Crippen MR) is 163 cm³/mol. The zero-order valence-corrected chi connectivity index (χ0v) is 24.9. The number of piperidine rings is 2. The van der Waals surface area contributed by atoms with Gasteiger partial charge in [-0.2, -0.15) is 9.97 Å². The van der Waals surface area contributed by atoms with E-state index in [0.29, 0.717) is 58.5 Å². The first kappa shape index (κ1) is 26.8. The topological polar surface area (TPSA) is 95.9 Å². The van der Waals surface area contributed by atoms with Crippen LogP contribution >= 0.6 is 0 Å². The summed E-state index contributed by atoms with van der Waals surface area (Å²) < 4.78 is 58.6. The van der Waals surface area contributed by atoms with Crippen molar-refractivity contribution in [1.82, 2.24) is 25.2 Å². The van der Waals surface area contributed by atoms with Crippen LogP contribution in [-0.4, -0.2) is 86.4 Å². The van der Waals surface area contributed by atoms with Crippen LogP contribution in [0.4, 0.5) is 19.0 Å². The minimum absolute atomic E-state index is 0.0316. The maximum atomic E-state index is 17.1. The van der Waals surface area contributed by atoms with E-state index in [1.54, 1.807) is 29.2 Å². The molecule has 12 heteroatoms. The lowest BCUT2D eigenvalue weighted by Crippen LogP contribution is -2.63. The van der Waals surface area contributed by atoms with Crippen molar-refractivity contribution in [1.29, 1.82) is 0 Å². The third-order valence-electron chi connectivity index (χ3n) is 11.5.